The number of hydrogen-bond donors (Lipinski definition) is 0. The van der Waals surface area contributed by atoms with Gasteiger partial charge < -0.3 is 4.74 Å². The van der Waals surface area contributed by atoms with E-state index in [1.165, 1.54) is 0 Å². The summed E-state index contributed by atoms with van der Waals surface area (Å²) in [6, 6.07) is 7.40. The first kappa shape index (κ1) is 12.0. The van der Waals surface area contributed by atoms with Crippen molar-refractivity contribution in [1.82, 2.24) is 0 Å². The zero-order chi connectivity index (χ0) is 12.5. The topological polar surface area (TPSA) is 26.3 Å². The van der Waals surface area contributed by atoms with Crippen LogP contribution in [0.1, 0.15) is 17.5 Å². The molecule has 92 valence electrons. The summed E-state index contributed by atoms with van der Waals surface area (Å²) < 4.78 is 31.0. The van der Waals surface area contributed by atoms with E-state index >= 15 is 0 Å². The number of halogens is 2. The van der Waals surface area contributed by atoms with E-state index in [1.807, 2.05) is 12.1 Å². The van der Waals surface area contributed by atoms with Crippen LogP contribution in [0.5, 0.6) is 0 Å². The second kappa shape index (κ2) is 4.43. The highest BCUT2D eigenvalue weighted by atomic mass is 19.3. The van der Waals surface area contributed by atoms with Gasteiger partial charge in [0.1, 0.15) is 5.41 Å². The molecule has 0 bridgehead atoms. The van der Waals surface area contributed by atoms with Gasteiger partial charge in [0.15, 0.2) is 0 Å². The molecule has 2 nitrogen and oxygen atoms in total. The maximum absolute atomic E-state index is 13.2. The third-order valence-corrected chi connectivity index (χ3v) is 3.47. The zero-order valence-corrected chi connectivity index (χ0v) is 9.58. The maximum atomic E-state index is 13.2. The van der Waals surface area contributed by atoms with Gasteiger partial charge in [-0.1, -0.05) is 24.3 Å². The van der Waals surface area contributed by atoms with Crippen molar-refractivity contribution < 1.29 is 18.3 Å². The molecule has 0 fully saturated rings. The van der Waals surface area contributed by atoms with Crippen molar-refractivity contribution in [2.24, 2.45) is 5.41 Å². The van der Waals surface area contributed by atoms with E-state index in [4.69, 9.17) is 0 Å². The second-order valence-electron chi connectivity index (χ2n) is 4.39. The number of carbonyl (C=O) groups excluding carboxylic acids is 1. The molecule has 0 aromatic heterocycles. The lowest BCUT2D eigenvalue weighted by Gasteiger charge is -2.34. The number of methoxy groups -OCH3 is 1. The fraction of sp³-hybridized carbons (Fsp3) is 0.462. The Balaban J connectivity index is 2.37. The summed E-state index contributed by atoms with van der Waals surface area (Å²) in [7, 11) is 1.16. The molecule has 17 heavy (non-hydrogen) atoms. The first-order chi connectivity index (χ1) is 8.10. The molecule has 1 aliphatic rings. The number of alkyl halides is 2. The quantitative estimate of drug-likeness (QED) is 0.743. The largest absolute Gasteiger partial charge is 0.468 e. The molecule has 0 N–H and O–H groups in total. The van der Waals surface area contributed by atoms with Crippen molar-refractivity contribution >= 4 is 5.97 Å². The molecule has 1 aromatic carbocycles. The van der Waals surface area contributed by atoms with Crippen LogP contribution in [-0.2, 0) is 22.4 Å². The molecule has 1 atom stereocenters. The molecule has 1 aliphatic carbocycles. The van der Waals surface area contributed by atoms with Crippen molar-refractivity contribution in [3.8, 4) is 0 Å². The number of hydrogen-bond acceptors (Lipinski definition) is 2. The van der Waals surface area contributed by atoms with Crippen LogP contribution in [0, 0.1) is 5.41 Å². The fourth-order valence-electron chi connectivity index (χ4n) is 2.41. The maximum Gasteiger partial charge on any atom is 0.317 e. The predicted molar refractivity (Wildman–Crippen MR) is 58.9 cm³/mol. The third-order valence-electron chi connectivity index (χ3n) is 3.47. The smallest absolute Gasteiger partial charge is 0.317 e. The van der Waals surface area contributed by atoms with Gasteiger partial charge in [0.05, 0.1) is 7.11 Å². The SMILES string of the molecule is COC(=O)C1(C(F)F)CCc2ccccc2C1. The Morgan fingerprint density at radius 2 is 2.00 bits per heavy atom. The van der Waals surface area contributed by atoms with Crippen molar-refractivity contribution in [1.29, 1.82) is 0 Å². The molecule has 1 aromatic rings. The van der Waals surface area contributed by atoms with Gasteiger partial charge in [-0.2, -0.15) is 0 Å². The number of rotatable bonds is 2. The van der Waals surface area contributed by atoms with Crippen LogP contribution in [0.15, 0.2) is 24.3 Å². The third kappa shape index (κ3) is 1.92. The van der Waals surface area contributed by atoms with Crippen LogP contribution >= 0.6 is 0 Å². The lowest BCUT2D eigenvalue weighted by molar-refractivity contribution is -0.164. The van der Waals surface area contributed by atoms with E-state index in [0.29, 0.717) is 6.42 Å². The number of esters is 1. The molecule has 0 aliphatic heterocycles. The van der Waals surface area contributed by atoms with Gasteiger partial charge in [-0.25, -0.2) is 8.78 Å². The van der Waals surface area contributed by atoms with E-state index in [-0.39, 0.29) is 12.8 Å². The summed E-state index contributed by atoms with van der Waals surface area (Å²) in [5.74, 6) is -0.804. The Morgan fingerprint density at radius 3 is 2.59 bits per heavy atom. The highest BCUT2D eigenvalue weighted by Crippen LogP contribution is 2.41. The Labute approximate surface area is 98.6 Å². The van der Waals surface area contributed by atoms with Gasteiger partial charge >= 0.3 is 5.97 Å². The van der Waals surface area contributed by atoms with E-state index in [1.54, 1.807) is 12.1 Å². The molecule has 0 heterocycles. The summed E-state index contributed by atoms with van der Waals surface area (Å²) in [5, 5.41) is 0. The van der Waals surface area contributed by atoms with Gasteiger partial charge in [-0.15, -0.1) is 0 Å². The fourth-order valence-corrected chi connectivity index (χ4v) is 2.41. The Morgan fingerprint density at radius 1 is 1.35 bits per heavy atom. The monoisotopic (exact) mass is 240 g/mol. The minimum atomic E-state index is -2.69. The highest BCUT2D eigenvalue weighted by molar-refractivity contribution is 5.78. The summed E-state index contributed by atoms with van der Waals surface area (Å²) in [4.78, 5) is 11.6. The average molecular weight is 240 g/mol. The van der Waals surface area contributed by atoms with E-state index in [9.17, 15) is 13.6 Å². The summed E-state index contributed by atoms with van der Waals surface area (Å²) in [5.41, 5.74) is 0.209. The van der Waals surface area contributed by atoms with Crippen molar-refractivity contribution in [2.75, 3.05) is 7.11 Å². The second-order valence-corrected chi connectivity index (χ2v) is 4.39. The number of aryl methyl sites for hydroxylation is 1. The van der Waals surface area contributed by atoms with Crippen molar-refractivity contribution in [2.45, 2.75) is 25.7 Å². The van der Waals surface area contributed by atoms with E-state index < -0.39 is 17.8 Å². The molecule has 0 saturated heterocycles. The predicted octanol–water partition coefficient (Wildman–Crippen LogP) is 2.60. The van der Waals surface area contributed by atoms with E-state index in [0.717, 1.165) is 18.2 Å². The summed E-state index contributed by atoms with van der Waals surface area (Å²) >= 11 is 0. The van der Waals surface area contributed by atoms with Crippen molar-refractivity contribution in [3.05, 3.63) is 35.4 Å². The first-order valence-electron chi connectivity index (χ1n) is 5.53. The van der Waals surface area contributed by atoms with Gasteiger partial charge in [-0.05, 0) is 30.4 Å². The van der Waals surface area contributed by atoms with Crippen molar-refractivity contribution in [3.63, 3.8) is 0 Å². The van der Waals surface area contributed by atoms with Gasteiger partial charge in [0.2, 0.25) is 0 Å². The van der Waals surface area contributed by atoms with Gasteiger partial charge in [0, 0.05) is 0 Å². The number of ether oxygens (including phenoxy) is 1. The first-order valence-corrected chi connectivity index (χ1v) is 5.53. The highest BCUT2D eigenvalue weighted by Gasteiger charge is 2.50. The molecule has 0 amide bonds. The van der Waals surface area contributed by atoms with E-state index in [2.05, 4.69) is 4.74 Å². The van der Waals surface area contributed by atoms with Crippen LogP contribution in [0.2, 0.25) is 0 Å². The summed E-state index contributed by atoms with van der Waals surface area (Å²) in [6.07, 6.45) is -1.99. The van der Waals surface area contributed by atoms with Gasteiger partial charge in [-0.3, -0.25) is 4.79 Å². The van der Waals surface area contributed by atoms with Crippen LogP contribution in [-0.4, -0.2) is 19.5 Å². The average Bonchev–Trinajstić information content (AvgIpc) is 2.36. The Bertz CT molecular complexity index is 431. The molecule has 4 heteroatoms. The molecule has 0 radical (unpaired) electrons. The molecule has 0 saturated carbocycles. The molecule has 0 spiro atoms. The lowest BCUT2D eigenvalue weighted by atomic mass is 9.71. The number of carbonyl (C=O) groups is 1. The van der Waals surface area contributed by atoms with Crippen LogP contribution in [0.3, 0.4) is 0 Å². The summed E-state index contributed by atoms with van der Waals surface area (Å²) in [6.45, 7) is 0. The minimum Gasteiger partial charge on any atom is -0.468 e. The normalized spacial score (nSPS) is 23.3. The molecular formula is C13H14F2O2. The Hall–Kier alpha value is -1.45. The van der Waals surface area contributed by atoms with Crippen LogP contribution < -0.4 is 0 Å². The number of benzene rings is 1. The van der Waals surface area contributed by atoms with Crippen LogP contribution in [0.4, 0.5) is 8.78 Å². The molecule has 1 unspecified atom stereocenters. The molecular weight excluding hydrogens is 226 g/mol. The van der Waals surface area contributed by atoms with Crippen LogP contribution in [0.25, 0.3) is 0 Å². The number of fused-ring (bicyclic) bond motifs is 1. The minimum absolute atomic E-state index is 0.0630. The Kier molecular flexibility index (Phi) is 3.13. The standard InChI is InChI=1S/C13H14F2O2/c1-17-12(16)13(11(14)15)7-6-9-4-2-3-5-10(9)8-13/h2-5,11H,6-8H2,1H3. The lowest BCUT2D eigenvalue weighted by Crippen LogP contribution is -2.44. The van der Waals surface area contributed by atoms with Gasteiger partial charge in [0.25, 0.3) is 6.43 Å². The molecule has 2 rings (SSSR count). The zero-order valence-electron chi connectivity index (χ0n) is 9.58.